The molecule has 1 saturated heterocycles. The number of rotatable bonds is 2. The predicted octanol–water partition coefficient (Wildman–Crippen LogP) is 2.06. The molecular formula is C12H21NO4. The Morgan fingerprint density at radius 3 is 1.94 bits per heavy atom. The van der Waals surface area contributed by atoms with Gasteiger partial charge in [0.2, 0.25) is 0 Å². The minimum Gasteiger partial charge on any atom is -0.330 e. The van der Waals surface area contributed by atoms with Crippen LogP contribution >= 0.6 is 0 Å². The summed E-state index contributed by atoms with van der Waals surface area (Å²) in [5, 5.41) is 0.577. The minimum atomic E-state index is -0.550. The van der Waals surface area contributed by atoms with Gasteiger partial charge in [-0.3, -0.25) is 9.59 Å². The van der Waals surface area contributed by atoms with E-state index in [1.54, 1.807) is 0 Å². The lowest BCUT2D eigenvalue weighted by Gasteiger charge is -2.18. The topological polar surface area (TPSA) is 63.7 Å². The van der Waals surface area contributed by atoms with Crippen molar-refractivity contribution in [2.45, 2.75) is 53.9 Å². The summed E-state index contributed by atoms with van der Waals surface area (Å²) in [5.41, 5.74) is -0.219. The molecule has 98 valence electrons. The summed E-state index contributed by atoms with van der Waals surface area (Å²) in [6, 6.07) is 0. The summed E-state index contributed by atoms with van der Waals surface area (Å²) in [6.45, 7) is 9.63. The lowest BCUT2D eigenvalue weighted by atomic mass is 9.93. The molecule has 2 amide bonds. The van der Waals surface area contributed by atoms with E-state index in [2.05, 4.69) is 0 Å². The molecule has 0 aromatic carbocycles. The maximum absolute atomic E-state index is 11.3. The Hall–Kier alpha value is -1.39. The quantitative estimate of drug-likeness (QED) is 0.696. The summed E-state index contributed by atoms with van der Waals surface area (Å²) in [5.74, 6) is -1.43. The van der Waals surface area contributed by atoms with E-state index in [0.717, 1.165) is 0 Å². The fraction of sp³-hybridized carbons (Fsp3) is 0.750. The predicted molar refractivity (Wildman–Crippen MR) is 62.6 cm³/mol. The zero-order valence-electron chi connectivity index (χ0n) is 11.2. The molecule has 5 heteroatoms. The Kier molecular flexibility index (Phi) is 5.85. The van der Waals surface area contributed by atoms with Crippen molar-refractivity contribution in [2.24, 2.45) is 5.41 Å². The van der Waals surface area contributed by atoms with Crippen LogP contribution in [-0.4, -0.2) is 22.8 Å². The zero-order valence-corrected chi connectivity index (χ0v) is 11.2. The fourth-order valence-electron chi connectivity index (χ4n) is 1.22. The number of carbonyl (C=O) groups excluding carboxylic acids is 3. The van der Waals surface area contributed by atoms with E-state index in [0.29, 0.717) is 5.06 Å². The van der Waals surface area contributed by atoms with Gasteiger partial charge in [-0.2, -0.15) is 0 Å². The van der Waals surface area contributed by atoms with E-state index in [1.165, 1.54) is 0 Å². The lowest BCUT2D eigenvalue weighted by molar-refractivity contribution is -0.198. The van der Waals surface area contributed by atoms with Gasteiger partial charge in [-0.05, 0) is 5.41 Å². The smallest absolute Gasteiger partial charge is 0.330 e. The van der Waals surface area contributed by atoms with Crippen LogP contribution in [0.3, 0.4) is 0 Å². The van der Waals surface area contributed by atoms with Gasteiger partial charge in [-0.15, -0.1) is 5.06 Å². The van der Waals surface area contributed by atoms with E-state index in [-0.39, 0.29) is 24.7 Å². The van der Waals surface area contributed by atoms with Crippen molar-refractivity contribution >= 4 is 17.8 Å². The molecule has 0 N–H and O–H groups in total. The third-order valence-electron chi connectivity index (χ3n) is 1.87. The van der Waals surface area contributed by atoms with Crippen LogP contribution in [0.25, 0.3) is 0 Å². The van der Waals surface area contributed by atoms with Crippen LogP contribution < -0.4 is 0 Å². The van der Waals surface area contributed by atoms with Crippen molar-refractivity contribution in [3.8, 4) is 0 Å². The van der Waals surface area contributed by atoms with Crippen molar-refractivity contribution in [1.29, 1.82) is 0 Å². The number of hydrogen-bond donors (Lipinski definition) is 0. The first-order valence-electron chi connectivity index (χ1n) is 5.86. The Morgan fingerprint density at radius 1 is 1.18 bits per heavy atom. The van der Waals surface area contributed by atoms with Gasteiger partial charge in [0.1, 0.15) is 0 Å². The molecule has 1 heterocycles. The Labute approximate surface area is 102 Å². The molecule has 0 radical (unpaired) electrons. The molecule has 1 aliphatic rings. The SMILES string of the molecule is CC.CC(C)(C)CC(=O)ON1C(=O)CCC1=O. The van der Waals surface area contributed by atoms with Crippen molar-refractivity contribution in [3.63, 3.8) is 0 Å². The number of nitrogens with zero attached hydrogens (tertiary/aromatic N) is 1. The Balaban J connectivity index is 0.00000121. The van der Waals surface area contributed by atoms with Crippen molar-refractivity contribution < 1.29 is 19.2 Å². The fourth-order valence-corrected chi connectivity index (χ4v) is 1.22. The van der Waals surface area contributed by atoms with E-state index in [9.17, 15) is 14.4 Å². The molecule has 0 aliphatic carbocycles. The molecule has 0 unspecified atom stereocenters. The highest BCUT2D eigenvalue weighted by Crippen LogP contribution is 2.20. The molecule has 0 aromatic rings. The second-order valence-electron chi connectivity index (χ2n) is 4.78. The summed E-state index contributed by atoms with van der Waals surface area (Å²) >= 11 is 0. The van der Waals surface area contributed by atoms with Crippen molar-refractivity contribution in [2.75, 3.05) is 0 Å². The second-order valence-corrected chi connectivity index (χ2v) is 4.78. The molecule has 0 aromatic heterocycles. The molecule has 5 nitrogen and oxygen atoms in total. The average molecular weight is 243 g/mol. The Bertz CT molecular complexity index is 288. The lowest BCUT2D eigenvalue weighted by Crippen LogP contribution is -2.33. The van der Waals surface area contributed by atoms with Crippen LogP contribution in [0, 0.1) is 5.41 Å². The minimum absolute atomic E-state index is 0.127. The highest BCUT2D eigenvalue weighted by Gasteiger charge is 2.33. The summed E-state index contributed by atoms with van der Waals surface area (Å²) < 4.78 is 0. The second kappa shape index (κ2) is 6.37. The first kappa shape index (κ1) is 15.6. The molecule has 1 fully saturated rings. The third-order valence-corrected chi connectivity index (χ3v) is 1.87. The monoisotopic (exact) mass is 243 g/mol. The van der Waals surface area contributed by atoms with Gasteiger partial charge in [0, 0.05) is 12.8 Å². The maximum Gasteiger partial charge on any atom is 0.333 e. The number of hydroxylamine groups is 2. The number of imide groups is 1. The van der Waals surface area contributed by atoms with E-state index in [1.807, 2.05) is 34.6 Å². The van der Waals surface area contributed by atoms with Gasteiger partial charge in [0.15, 0.2) is 0 Å². The molecule has 1 rings (SSSR count). The van der Waals surface area contributed by atoms with Crippen LogP contribution in [0.1, 0.15) is 53.9 Å². The number of hydrogen-bond acceptors (Lipinski definition) is 4. The third kappa shape index (κ3) is 5.47. The number of carbonyl (C=O) groups is 3. The maximum atomic E-state index is 11.3. The van der Waals surface area contributed by atoms with Gasteiger partial charge in [-0.1, -0.05) is 34.6 Å². The molecule has 0 spiro atoms. The summed E-state index contributed by atoms with van der Waals surface area (Å²) in [6.07, 6.45) is 0.424. The van der Waals surface area contributed by atoms with Crippen LogP contribution in [-0.2, 0) is 19.2 Å². The van der Waals surface area contributed by atoms with Gasteiger partial charge >= 0.3 is 5.97 Å². The number of amides is 2. The molecule has 1 aliphatic heterocycles. The zero-order chi connectivity index (χ0) is 13.6. The summed E-state index contributed by atoms with van der Waals surface area (Å²) in [7, 11) is 0. The average Bonchev–Trinajstić information content (AvgIpc) is 2.50. The molecular weight excluding hydrogens is 222 g/mol. The normalized spacial score (nSPS) is 15.5. The van der Waals surface area contributed by atoms with Crippen LogP contribution in [0.15, 0.2) is 0 Å². The van der Waals surface area contributed by atoms with E-state index >= 15 is 0 Å². The Morgan fingerprint density at radius 2 is 1.59 bits per heavy atom. The molecule has 17 heavy (non-hydrogen) atoms. The van der Waals surface area contributed by atoms with Gasteiger partial charge in [0.05, 0.1) is 6.42 Å². The molecule has 0 bridgehead atoms. The van der Waals surface area contributed by atoms with E-state index < -0.39 is 17.8 Å². The first-order chi connectivity index (χ1) is 7.79. The van der Waals surface area contributed by atoms with Crippen molar-refractivity contribution in [1.82, 2.24) is 5.06 Å². The highest BCUT2D eigenvalue weighted by molar-refractivity contribution is 6.01. The summed E-state index contributed by atoms with van der Waals surface area (Å²) in [4.78, 5) is 38.3. The van der Waals surface area contributed by atoms with Crippen molar-refractivity contribution in [3.05, 3.63) is 0 Å². The first-order valence-corrected chi connectivity index (χ1v) is 5.86. The highest BCUT2D eigenvalue weighted by atomic mass is 16.7. The standard InChI is InChI=1S/C10H15NO4.C2H6/c1-10(2,3)6-9(14)15-11-7(12)4-5-8(11)13;1-2/h4-6H2,1-3H3;1-2H3. The van der Waals surface area contributed by atoms with Gasteiger partial charge in [0.25, 0.3) is 11.8 Å². The van der Waals surface area contributed by atoms with E-state index in [4.69, 9.17) is 4.84 Å². The molecule has 0 saturated carbocycles. The van der Waals surface area contributed by atoms with Crippen LogP contribution in [0.5, 0.6) is 0 Å². The van der Waals surface area contributed by atoms with Crippen LogP contribution in [0.4, 0.5) is 0 Å². The largest absolute Gasteiger partial charge is 0.333 e. The molecule has 0 atom stereocenters. The van der Waals surface area contributed by atoms with Crippen LogP contribution in [0.2, 0.25) is 0 Å². The van der Waals surface area contributed by atoms with Gasteiger partial charge in [-0.25, -0.2) is 4.79 Å². The van der Waals surface area contributed by atoms with Gasteiger partial charge < -0.3 is 4.84 Å².